The Morgan fingerprint density at radius 3 is 2.77 bits per heavy atom. The predicted molar refractivity (Wildman–Crippen MR) is 78.7 cm³/mol. The predicted octanol–water partition coefficient (Wildman–Crippen LogP) is 1.89. The summed E-state index contributed by atoms with van der Waals surface area (Å²) >= 11 is 3.21. The van der Waals surface area contributed by atoms with Crippen LogP contribution in [0.1, 0.15) is 25.2 Å². The number of hydrogen-bond donors (Lipinski definition) is 0. The van der Waals surface area contributed by atoms with E-state index in [-0.39, 0.29) is 29.2 Å². The van der Waals surface area contributed by atoms with E-state index in [2.05, 4.69) is 36.0 Å². The van der Waals surface area contributed by atoms with Gasteiger partial charge < -0.3 is 4.52 Å². The van der Waals surface area contributed by atoms with Gasteiger partial charge in [-0.3, -0.25) is 9.59 Å². The van der Waals surface area contributed by atoms with Crippen molar-refractivity contribution in [1.82, 2.24) is 20.1 Å². The summed E-state index contributed by atoms with van der Waals surface area (Å²) in [5, 5.41) is 3.78. The second kappa shape index (κ2) is 5.91. The summed E-state index contributed by atoms with van der Waals surface area (Å²) in [6.45, 7) is 1.64. The van der Waals surface area contributed by atoms with E-state index in [1.165, 1.54) is 6.20 Å². The van der Waals surface area contributed by atoms with Crippen molar-refractivity contribution in [3.05, 3.63) is 16.7 Å². The van der Waals surface area contributed by atoms with Crippen LogP contribution in [0.25, 0.3) is 11.5 Å². The molecule has 0 saturated heterocycles. The van der Waals surface area contributed by atoms with Gasteiger partial charge in [0, 0.05) is 12.8 Å². The van der Waals surface area contributed by atoms with Crippen molar-refractivity contribution in [3.8, 4) is 11.5 Å². The Bertz CT molecular complexity index is 728. The largest absolute Gasteiger partial charge is 0.339 e. The standard InChI is InChI=1S/C13H12BrN5O3/c1-7-16-11(18-22-7)10-12(15-5-9(14)17-10)19(6-20)13(21)8-3-2-4-8/h5-6,8H,2-4H2,1H3. The van der Waals surface area contributed by atoms with Crippen molar-refractivity contribution in [3.63, 3.8) is 0 Å². The number of nitrogens with zero attached hydrogens (tertiary/aromatic N) is 5. The number of anilines is 1. The van der Waals surface area contributed by atoms with E-state index in [1.54, 1.807) is 6.92 Å². The van der Waals surface area contributed by atoms with Crippen LogP contribution in [0.5, 0.6) is 0 Å². The van der Waals surface area contributed by atoms with E-state index < -0.39 is 0 Å². The molecule has 2 heterocycles. The molecule has 1 aliphatic rings. The first-order valence-corrected chi connectivity index (χ1v) is 7.51. The molecule has 22 heavy (non-hydrogen) atoms. The highest BCUT2D eigenvalue weighted by Gasteiger charge is 2.33. The third kappa shape index (κ3) is 2.63. The third-order valence-electron chi connectivity index (χ3n) is 3.49. The smallest absolute Gasteiger partial charge is 0.237 e. The number of halogens is 1. The van der Waals surface area contributed by atoms with Crippen LogP contribution < -0.4 is 4.90 Å². The van der Waals surface area contributed by atoms with Gasteiger partial charge in [-0.15, -0.1) is 0 Å². The summed E-state index contributed by atoms with van der Waals surface area (Å²) in [7, 11) is 0. The maximum absolute atomic E-state index is 12.4. The molecule has 1 saturated carbocycles. The molecule has 2 aromatic rings. The van der Waals surface area contributed by atoms with Crippen LogP contribution in [0.4, 0.5) is 5.82 Å². The monoisotopic (exact) mass is 365 g/mol. The van der Waals surface area contributed by atoms with E-state index in [9.17, 15) is 9.59 Å². The number of imide groups is 1. The number of rotatable bonds is 4. The molecule has 0 N–H and O–H groups in total. The van der Waals surface area contributed by atoms with Gasteiger partial charge in [-0.25, -0.2) is 14.9 Å². The summed E-state index contributed by atoms with van der Waals surface area (Å²) in [6.07, 6.45) is 4.42. The lowest BCUT2D eigenvalue weighted by atomic mass is 9.84. The van der Waals surface area contributed by atoms with E-state index >= 15 is 0 Å². The van der Waals surface area contributed by atoms with Crippen molar-refractivity contribution in [2.75, 3.05) is 4.90 Å². The highest BCUT2D eigenvalue weighted by atomic mass is 79.9. The normalized spacial score (nSPS) is 14.5. The maximum atomic E-state index is 12.4. The first kappa shape index (κ1) is 14.8. The summed E-state index contributed by atoms with van der Waals surface area (Å²) in [5.74, 6) is 0.214. The fourth-order valence-corrected chi connectivity index (χ4v) is 2.42. The maximum Gasteiger partial charge on any atom is 0.237 e. The van der Waals surface area contributed by atoms with Gasteiger partial charge in [0.2, 0.25) is 24.0 Å². The van der Waals surface area contributed by atoms with Crippen molar-refractivity contribution in [2.24, 2.45) is 5.92 Å². The lowest BCUT2D eigenvalue weighted by molar-refractivity contribution is -0.127. The molecule has 0 spiro atoms. The molecule has 0 unspecified atom stereocenters. The SMILES string of the molecule is Cc1nc(-c2nc(Br)cnc2N(C=O)C(=O)C2CCC2)no1. The van der Waals surface area contributed by atoms with E-state index in [1.807, 2.05) is 0 Å². The molecular formula is C13H12BrN5O3. The van der Waals surface area contributed by atoms with Crippen molar-refractivity contribution >= 4 is 34.1 Å². The van der Waals surface area contributed by atoms with Gasteiger partial charge in [-0.05, 0) is 28.8 Å². The fraction of sp³-hybridized carbons (Fsp3) is 0.385. The van der Waals surface area contributed by atoms with Gasteiger partial charge >= 0.3 is 0 Å². The molecule has 9 heteroatoms. The molecule has 114 valence electrons. The molecule has 0 bridgehead atoms. The Morgan fingerprint density at radius 1 is 1.45 bits per heavy atom. The second-order valence-corrected chi connectivity index (χ2v) is 5.76. The minimum Gasteiger partial charge on any atom is -0.339 e. The van der Waals surface area contributed by atoms with Crippen LogP contribution in [0.15, 0.2) is 15.3 Å². The topological polar surface area (TPSA) is 102 Å². The van der Waals surface area contributed by atoms with Gasteiger partial charge in [0.1, 0.15) is 4.60 Å². The van der Waals surface area contributed by atoms with Gasteiger partial charge in [-0.1, -0.05) is 11.6 Å². The molecular weight excluding hydrogens is 354 g/mol. The lowest BCUT2D eigenvalue weighted by Gasteiger charge is -2.28. The minimum absolute atomic E-state index is 0.107. The Hall–Kier alpha value is -2.16. The van der Waals surface area contributed by atoms with Crippen LogP contribution >= 0.6 is 15.9 Å². The zero-order valence-corrected chi connectivity index (χ0v) is 13.3. The molecule has 3 rings (SSSR count). The number of aryl methyl sites for hydroxylation is 1. The molecule has 0 aliphatic heterocycles. The van der Waals surface area contributed by atoms with Gasteiger partial charge in [-0.2, -0.15) is 4.98 Å². The highest BCUT2D eigenvalue weighted by molar-refractivity contribution is 9.10. The highest BCUT2D eigenvalue weighted by Crippen LogP contribution is 2.32. The first-order valence-electron chi connectivity index (χ1n) is 6.71. The summed E-state index contributed by atoms with van der Waals surface area (Å²) in [6, 6.07) is 0. The second-order valence-electron chi connectivity index (χ2n) is 4.94. The van der Waals surface area contributed by atoms with Crippen LogP contribution in [-0.4, -0.2) is 32.4 Å². The number of carbonyl (C=O) groups is 2. The third-order valence-corrected chi connectivity index (χ3v) is 3.87. The average molecular weight is 366 g/mol. The van der Waals surface area contributed by atoms with E-state index in [0.717, 1.165) is 24.2 Å². The average Bonchev–Trinajstić information content (AvgIpc) is 2.85. The Balaban J connectivity index is 2.04. The number of hydrogen-bond acceptors (Lipinski definition) is 7. The van der Waals surface area contributed by atoms with Gasteiger partial charge in [0.15, 0.2) is 11.5 Å². The van der Waals surface area contributed by atoms with Crippen molar-refractivity contribution < 1.29 is 14.1 Å². The lowest BCUT2D eigenvalue weighted by Crippen LogP contribution is -2.39. The Morgan fingerprint density at radius 2 is 2.23 bits per heavy atom. The summed E-state index contributed by atoms with van der Waals surface area (Å²) < 4.78 is 5.37. The molecule has 0 aromatic carbocycles. The summed E-state index contributed by atoms with van der Waals surface area (Å²) in [5.41, 5.74) is 0.214. The minimum atomic E-state index is -0.278. The molecule has 0 atom stereocenters. The van der Waals surface area contributed by atoms with Crippen LogP contribution in [-0.2, 0) is 9.59 Å². The molecule has 0 radical (unpaired) electrons. The van der Waals surface area contributed by atoms with Crippen LogP contribution in [0.2, 0.25) is 0 Å². The molecule has 8 nitrogen and oxygen atoms in total. The molecule has 1 fully saturated rings. The zero-order chi connectivity index (χ0) is 15.7. The Kier molecular flexibility index (Phi) is 3.97. The van der Waals surface area contributed by atoms with Crippen molar-refractivity contribution in [1.29, 1.82) is 0 Å². The number of aromatic nitrogens is 4. The van der Waals surface area contributed by atoms with Crippen LogP contribution in [0.3, 0.4) is 0 Å². The van der Waals surface area contributed by atoms with Crippen molar-refractivity contribution in [2.45, 2.75) is 26.2 Å². The first-order chi connectivity index (χ1) is 10.6. The van der Waals surface area contributed by atoms with E-state index in [0.29, 0.717) is 16.9 Å². The molecule has 2 amide bonds. The number of carbonyl (C=O) groups excluding carboxylic acids is 2. The van der Waals surface area contributed by atoms with Gasteiger partial charge in [0.05, 0.1) is 6.20 Å². The zero-order valence-electron chi connectivity index (χ0n) is 11.7. The number of amides is 2. The quantitative estimate of drug-likeness (QED) is 0.762. The Labute approximate surface area is 134 Å². The van der Waals surface area contributed by atoms with E-state index in [4.69, 9.17) is 4.52 Å². The van der Waals surface area contributed by atoms with Crippen LogP contribution in [0, 0.1) is 12.8 Å². The molecule has 2 aromatic heterocycles. The summed E-state index contributed by atoms with van der Waals surface area (Å²) in [4.78, 5) is 37.2. The fourth-order valence-electron chi connectivity index (χ4n) is 2.14. The molecule has 1 aliphatic carbocycles. The van der Waals surface area contributed by atoms with Gasteiger partial charge in [0.25, 0.3) is 0 Å².